The summed E-state index contributed by atoms with van der Waals surface area (Å²) >= 11 is 0. The SMILES string of the molecule is COc1ccc2cc([C@@H](C)C(=O)ON3C(=O)CCC3=O)ccc2c1. The Balaban J connectivity index is 1.80. The van der Waals surface area contributed by atoms with Crippen molar-refractivity contribution in [3.63, 3.8) is 0 Å². The summed E-state index contributed by atoms with van der Waals surface area (Å²) in [7, 11) is 1.61. The van der Waals surface area contributed by atoms with Crippen LogP contribution in [0.25, 0.3) is 10.8 Å². The van der Waals surface area contributed by atoms with Gasteiger partial charge in [-0.15, -0.1) is 5.06 Å². The van der Waals surface area contributed by atoms with E-state index in [9.17, 15) is 14.4 Å². The molecule has 24 heavy (non-hydrogen) atoms. The van der Waals surface area contributed by atoms with Crippen molar-refractivity contribution < 1.29 is 24.0 Å². The van der Waals surface area contributed by atoms with E-state index in [-0.39, 0.29) is 12.8 Å². The molecule has 1 heterocycles. The molecule has 6 heteroatoms. The highest BCUT2D eigenvalue weighted by atomic mass is 16.7. The molecular formula is C18H17NO5. The van der Waals surface area contributed by atoms with Crippen LogP contribution in [0.1, 0.15) is 31.2 Å². The maximum Gasteiger partial charge on any atom is 0.340 e. The Morgan fingerprint density at radius 3 is 2.33 bits per heavy atom. The molecule has 0 radical (unpaired) electrons. The quantitative estimate of drug-likeness (QED) is 0.807. The molecule has 0 saturated carbocycles. The molecule has 6 nitrogen and oxygen atoms in total. The maximum absolute atomic E-state index is 12.2. The van der Waals surface area contributed by atoms with E-state index >= 15 is 0 Å². The molecule has 1 fully saturated rings. The second-order valence-corrected chi connectivity index (χ2v) is 5.69. The smallest absolute Gasteiger partial charge is 0.340 e. The lowest BCUT2D eigenvalue weighted by Crippen LogP contribution is -2.33. The second kappa shape index (κ2) is 6.31. The summed E-state index contributed by atoms with van der Waals surface area (Å²) in [6.07, 6.45) is 0.163. The van der Waals surface area contributed by atoms with Crippen molar-refractivity contribution >= 4 is 28.6 Å². The highest BCUT2D eigenvalue weighted by Crippen LogP contribution is 2.26. The molecule has 1 aliphatic rings. The van der Waals surface area contributed by atoms with Crippen LogP contribution in [0, 0.1) is 0 Å². The van der Waals surface area contributed by atoms with Crippen molar-refractivity contribution in [3.05, 3.63) is 42.0 Å². The van der Waals surface area contributed by atoms with Gasteiger partial charge in [-0.1, -0.05) is 24.3 Å². The molecular weight excluding hydrogens is 310 g/mol. The molecule has 3 rings (SSSR count). The number of fused-ring (bicyclic) bond motifs is 1. The van der Waals surface area contributed by atoms with E-state index in [2.05, 4.69) is 0 Å². The van der Waals surface area contributed by atoms with Crippen molar-refractivity contribution in [2.75, 3.05) is 7.11 Å². The normalized spacial score (nSPS) is 15.7. The van der Waals surface area contributed by atoms with Crippen LogP contribution in [-0.2, 0) is 19.2 Å². The molecule has 0 N–H and O–H groups in total. The number of carbonyl (C=O) groups excluding carboxylic acids is 3. The number of nitrogens with zero attached hydrogens (tertiary/aromatic N) is 1. The van der Waals surface area contributed by atoms with Gasteiger partial charge in [0.15, 0.2) is 0 Å². The summed E-state index contributed by atoms with van der Waals surface area (Å²) in [4.78, 5) is 40.3. The van der Waals surface area contributed by atoms with Gasteiger partial charge in [-0.05, 0) is 35.4 Å². The molecule has 0 spiro atoms. The fourth-order valence-electron chi connectivity index (χ4n) is 2.60. The third-order valence-corrected chi connectivity index (χ3v) is 4.11. The number of benzene rings is 2. The lowest BCUT2D eigenvalue weighted by atomic mass is 9.98. The number of rotatable bonds is 4. The van der Waals surface area contributed by atoms with Gasteiger partial charge in [-0.2, -0.15) is 0 Å². The Kier molecular flexibility index (Phi) is 4.20. The van der Waals surface area contributed by atoms with E-state index in [0.717, 1.165) is 22.1 Å². The van der Waals surface area contributed by atoms with Crippen molar-refractivity contribution in [1.29, 1.82) is 0 Å². The molecule has 1 aliphatic heterocycles. The fraction of sp³-hybridized carbons (Fsp3) is 0.278. The zero-order chi connectivity index (χ0) is 17.3. The predicted octanol–water partition coefficient (Wildman–Crippen LogP) is 2.56. The van der Waals surface area contributed by atoms with Gasteiger partial charge in [0.2, 0.25) is 0 Å². The van der Waals surface area contributed by atoms with Crippen molar-refractivity contribution in [2.24, 2.45) is 0 Å². The van der Waals surface area contributed by atoms with E-state index in [1.165, 1.54) is 0 Å². The van der Waals surface area contributed by atoms with E-state index in [1.807, 2.05) is 36.4 Å². The van der Waals surface area contributed by atoms with Gasteiger partial charge in [0.05, 0.1) is 13.0 Å². The Morgan fingerprint density at radius 2 is 1.67 bits per heavy atom. The molecule has 2 aromatic carbocycles. The lowest BCUT2D eigenvalue weighted by Gasteiger charge is -2.17. The zero-order valence-electron chi connectivity index (χ0n) is 13.4. The van der Waals surface area contributed by atoms with Crippen LogP contribution in [0.2, 0.25) is 0 Å². The van der Waals surface area contributed by atoms with Gasteiger partial charge < -0.3 is 9.57 Å². The van der Waals surface area contributed by atoms with Gasteiger partial charge in [-0.3, -0.25) is 9.59 Å². The van der Waals surface area contributed by atoms with Gasteiger partial charge in [-0.25, -0.2) is 4.79 Å². The van der Waals surface area contributed by atoms with Gasteiger partial charge in [0, 0.05) is 12.8 Å². The van der Waals surface area contributed by atoms with E-state index in [1.54, 1.807) is 14.0 Å². The van der Waals surface area contributed by atoms with Crippen LogP contribution in [0.15, 0.2) is 36.4 Å². The maximum atomic E-state index is 12.2. The Hall–Kier alpha value is -2.89. The van der Waals surface area contributed by atoms with Gasteiger partial charge in [0.25, 0.3) is 11.8 Å². The monoisotopic (exact) mass is 327 g/mol. The molecule has 124 valence electrons. The average Bonchev–Trinajstić information content (AvgIpc) is 2.92. The standard InChI is InChI=1S/C18H17NO5/c1-11(18(22)24-19-16(20)7-8-17(19)21)12-3-4-14-10-15(23-2)6-5-13(14)9-12/h3-6,9-11H,7-8H2,1-2H3/t11-/m1/s1. The topological polar surface area (TPSA) is 72.9 Å². The fourth-order valence-corrected chi connectivity index (χ4v) is 2.60. The minimum atomic E-state index is -0.633. The van der Waals surface area contributed by atoms with E-state index in [0.29, 0.717) is 5.06 Å². The number of hydrogen-bond donors (Lipinski definition) is 0. The van der Waals surface area contributed by atoms with Crippen LogP contribution < -0.4 is 4.74 Å². The van der Waals surface area contributed by atoms with Crippen molar-refractivity contribution in [1.82, 2.24) is 5.06 Å². The molecule has 1 atom stereocenters. The molecule has 2 amide bonds. The molecule has 1 saturated heterocycles. The Bertz CT molecular complexity index is 813. The molecule has 0 aliphatic carbocycles. The Labute approximate surface area is 138 Å². The highest BCUT2D eigenvalue weighted by Gasteiger charge is 2.34. The molecule has 0 bridgehead atoms. The van der Waals surface area contributed by atoms with Crippen LogP contribution in [0.3, 0.4) is 0 Å². The number of ether oxygens (including phenoxy) is 1. The summed E-state index contributed by atoms with van der Waals surface area (Å²) in [5, 5.41) is 2.52. The average molecular weight is 327 g/mol. The van der Waals surface area contributed by atoms with Crippen molar-refractivity contribution in [2.45, 2.75) is 25.7 Å². The minimum absolute atomic E-state index is 0.0816. The van der Waals surface area contributed by atoms with E-state index < -0.39 is 23.7 Å². The second-order valence-electron chi connectivity index (χ2n) is 5.69. The zero-order valence-corrected chi connectivity index (χ0v) is 13.4. The minimum Gasteiger partial charge on any atom is -0.497 e. The first kappa shape index (κ1) is 16.0. The highest BCUT2D eigenvalue weighted by molar-refractivity contribution is 6.01. The summed E-state index contributed by atoms with van der Waals surface area (Å²) < 4.78 is 5.19. The van der Waals surface area contributed by atoms with Crippen LogP contribution in [0.4, 0.5) is 0 Å². The summed E-state index contributed by atoms with van der Waals surface area (Å²) in [6.45, 7) is 1.68. The summed E-state index contributed by atoms with van der Waals surface area (Å²) in [5.74, 6) is -1.43. The van der Waals surface area contributed by atoms with Gasteiger partial charge in [0.1, 0.15) is 5.75 Å². The number of imide groups is 1. The summed E-state index contributed by atoms with van der Waals surface area (Å²) in [5.41, 5.74) is 0.747. The first-order valence-electron chi connectivity index (χ1n) is 7.65. The summed E-state index contributed by atoms with van der Waals surface area (Å²) in [6, 6.07) is 11.3. The third kappa shape index (κ3) is 2.95. The predicted molar refractivity (Wildman–Crippen MR) is 86.1 cm³/mol. The first-order chi connectivity index (χ1) is 11.5. The van der Waals surface area contributed by atoms with Crippen LogP contribution >= 0.6 is 0 Å². The van der Waals surface area contributed by atoms with Crippen LogP contribution in [0.5, 0.6) is 5.75 Å². The number of methoxy groups -OCH3 is 1. The number of amides is 2. The van der Waals surface area contributed by atoms with Gasteiger partial charge >= 0.3 is 5.97 Å². The van der Waals surface area contributed by atoms with E-state index in [4.69, 9.17) is 9.57 Å². The molecule has 0 unspecified atom stereocenters. The van der Waals surface area contributed by atoms with Crippen LogP contribution in [-0.4, -0.2) is 30.0 Å². The number of hydrogen-bond acceptors (Lipinski definition) is 5. The number of carbonyl (C=O) groups is 3. The molecule has 2 aromatic rings. The lowest BCUT2D eigenvalue weighted by molar-refractivity contribution is -0.198. The third-order valence-electron chi connectivity index (χ3n) is 4.11. The first-order valence-corrected chi connectivity index (χ1v) is 7.65. The number of hydroxylamine groups is 2. The Morgan fingerprint density at radius 1 is 1.04 bits per heavy atom. The van der Waals surface area contributed by atoms with Crippen molar-refractivity contribution in [3.8, 4) is 5.75 Å². The largest absolute Gasteiger partial charge is 0.497 e. The molecule has 0 aromatic heterocycles.